The van der Waals surface area contributed by atoms with E-state index in [1.54, 1.807) is 29.2 Å². The molecule has 6 rings (SSSR count). The van der Waals surface area contributed by atoms with Crippen molar-refractivity contribution in [2.24, 2.45) is 0 Å². The summed E-state index contributed by atoms with van der Waals surface area (Å²) < 4.78 is 7.87. The molecule has 0 spiro atoms. The van der Waals surface area contributed by atoms with Crippen molar-refractivity contribution in [3.8, 4) is 11.4 Å². The molecule has 1 saturated carbocycles. The van der Waals surface area contributed by atoms with Crippen LogP contribution < -0.4 is 9.64 Å². The predicted molar refractivity (Wildman–Crippen MR) is 148 cm³/mol. The first-order valence-corrected chi connectivity index (χ1v) is 13.2. The normalized spacial score (nSPS) is 15.9. The third-order valence-corrected chi connectivity index (χ3v) is 7.42. The number of ether oxygens (including phenoxy) is 1. The van der Waals surface area contributed by atoms with E-state index in [4.69, 9.17) is 16.3 Å². The number of anilines is 1. The van der Waals surface area contributed by atoms with Crippen molar-refractivity contribution >= 4 is 29.1 Å². The topological polar surface area (TPSA) is 54.8 Å². The van der Waals surface area contributed by atoms with Gasteiger partial charge in [0.2, 0.25) is 5.91 Å². The molecule has 1 atom stereocenters. The second-order valence-electron chi connectivity index (χ2n) is 9.86. The van der Waals surface area contributed by atoms with Crippen molar-refractivity contribution < 1.29 is 14.3 Å². The summed E-state index contributed by atoms with van der Waals surface area (Å²) in [5.74, 6) is 0.244. The molecule has 1 aliphatic heterocycles. The third-order valence-electron chi connectivity index (χ3n) is 7.17. The zero-order chi connectivity index (χ0) is 26.2. The van der Waals surface area contributed by atoms with Crippen LogP contribution in [0.15, 0.2) is 91.1 Å². The largest absolute Gasteiger partial charge is 0.484 e. The van der Waals surface area contributed by atoms with Crippen molar-refractivity contribution in [1.82, 2.24) is 9.47 Å². The highest BCUT2D eigenvalue weighted by Gasteiger charge is 2.40. The minimum atomic E-state index is -0.311. The van der Waals surface area contributed by atoms with Crippen molar-refractivity contribution in [3.05, 3.63) is 113 Å². The maximum absolute atomic E-state index is 14.2. The minimum Gasteiger partial charge on any atom is -0.484 e. The summed E-state index contributed by atoms with van der Waals surface area (Å²) >= 11 is 5.96. The Labute approximate surface area is 227 Å². The number of para-hydroxylation sites is 2. The number of aromatic nitrogens is 1. The number of aryl methyl sites for hydroxylation is 1. The second-order valence-corrected chi connectivity index (χ2v) is 10.3. The molecule has 192 valence electrons. The summed E-state index contributed by atoms with van der Waals surface area (Å²) in [5, 5.41) is 0.602. The number of benzene rings is 3. The molecule has 6 nitrogen and oxygen atoms in total. The molecule has 3 aromatic carbocycles. The number of carbonyl (C=O) groups excluding carboxylic acids is 2. The van der Waals surface area contributed by atoms with Gasteiger partial charge in [0, 0.05) is 17.3 Å². The van der Waals surface area contributed by atoms with E-state index in [9.17, 15) is 9.59 Å². The fourth-order valence-corrected chi connectivity index (χ4v) is 5.24. The number of hydrogen-bond acceptors (Lipinski definition) is 3. The number of rotatable bonds is 7. The molecule has 0 radical (unpaired) electrons. The van der Waals surface area contributed by atoms with Gasteiger partial charge in [0.05, 0.1) is 17.1 Å². The first kappa shape index (κ1) is 24.3. The van der Waals surface area contributed by atoms with Crippen LogP contribution in [0.4, 0.5) is 5.69 Å². The molecule has 2 heterocycles. The molecule has 0 saturated heterocycles. The number of hydrogen-bond donors (Lipinski definition) is 0. The number of carbonyl (C=O) groups is 2. The quantitative estimate of drug-likeness (QED) is 0.300. The van der Waals surface area contributed by atoms with Gasteiger partial charge in [-0.05, 0) is 73.9 Å². The third kappa shape index (κ3) is 4.68. The molecule has 1 fully saturated rings. The van der Waals surface area contributed by atoms with Gasteiger partial charge in [-0.25, -0.2) is 0 Å². The number of fused-ring (bicyclic) bond motifs is 3. The van der Waals surface area contributed by atoms with Crippen molar-refractivity contribution in [3.63, 3.8) is 0 Å². The maximum Gasteiger partial charge on any atom is 0.261 e. The monoisotopic (exact) mass is 525 g/mol. The minimum absolute atomic E-state index is 0.00905. The standard InChI is InChI=1S/C31H28ClN3O3/c1-21-8-10-22(11-9-21)31-28-7-4-18-33(28)26-5-2-3-6-27(26)35(31)29(36)19-34(24-14-15-24)30(37)20-38-25-16-12-23(32)13-17-25/h2-13,16-18,24,31H,14-15,19-20H2,1H3. The highest BCUT2D eigenvalue weighted by atomic mass is 35.5. The Morgan fingerprint density at radius 3 is 2.34 bits per heavy atom. The molecule has 2 amide bonds. The summed E-state index contributed by atoms with van der Waals surface area (Å²) in [7, 11) is 0. The van der Waals surface area contributed by atoms with Crippen LogP contribution in [0, 0.1) is 6.92 Å². The van der Waals surface area contributed by atoms with Gasteiger partial charge in [0.15, 0.2) is 6.61 Å². The van der Waals surface area contributed by atoms with Gasteiger partial charge in [-0.3, -0.25) is 14.5 Å². The first-order chi connectivity index (χ1) is 18.5. The summed E-state index contributed by atoms with van der Waals surface area (Å²) in [4.78, 5) is 31.0. The van der Waals surface area contributed by atoms with Crippen LogP contribution in [-0.2, 0) is 9.59 Å². The van der Waals surface area contributed by atoms with Crippen LogP contribution in [-0.4, -0.2) is 40.5 Å². The highest BCUT2D eigenvalue weighted by Crippen LogP contribution is 2.42. The van der Waals surface area contributed by atoms with Crippen LogP contribution in [0.3, 0.4) is 0 Å². The average molecular weight is 526 g/mol. The molecular formula is C31H28ClN3O3. The van der Waals surface area contributed by atoms with E-state index in [1.807, 2.05) is 41.4 Å². The Morgan fingerprint density at radius 2 is 1.63 bits per heavy atom. The lowest BCUT2D eigenvalue weighted by Crippen LogP contribution is -2.48. The van der Waals surface area contributed by atoms with E-state index >= 15 is 0 Å². The number of amides is 2. The molecule has 4 aromatic rings. The zero-order valence-electron chi connectivity index (χ0n) is 21.1. The van der Waals surface area contributed by atoms with Gasteiger partial charge in [-0.2, -0.15) is 0 Å². The van der Waals surface area contributed by atoms with Gasteiger partial charge in [-0.15, -0.1) is 0 Å². The van der Waals surface area contributed by atoms with E-state index in [0.29, 0.717) is 10.8 Å². The average Bonchev–Trinajstić information content (AvgIpc) is 3.66. The Morgan fingerprint density at radius 1 is 0.921 bits per heavy atom. The summed E-state index contributed by atoms with van der Waals surface area (Å²) in [5.41, 5.74) is 4.96. The zero-order valence-corrected chi connectivity index (χ0v) is 21.8. The van der Waals surface area contributed by atoms with Gasteiger partial charge in [-0.1, -0.05) is 53.6 Å². The van der Waals surface area contributed by atoms with Gasteiger partial charge in [0.1, 0.15) is 18.3 Å². The van der Waals surface area contributed by atoms with Crippen LogP contribution in [0.5, 0.6) is 5.75 Å². The molecule has 38 heavy (non-hydrogen) atoms. The van der Waals surface area contributed by atoms with Crippen LogP contribution in [0.25, 0.3) is 5.69 Å². The lowest BCUT2D eigenvalue weighted by atomic mass is 9.97. The SMILES string of the molecule is Cc1ccc(C2c3cccn3-c3ccccc3N2C(=O)CN(C(=O)COc2ccc(Cl)cc2)C2CC2)cc1. The summed E-state index contributed by atoms with van der Waals surface area (Å²) in [6.45, 7) is 1.91. The molecular weight excluding hydrogens is 498 g/mol. The van der Waals surface area contributed by atoms with Crippen molar-refractivity contribution in [2.45, 2.75) is 31.8 Å². The molecule has 0 bridgehead atoms. The molecule has 1 aromatic heterocycles. The van der Waals surface area contributed by atoms with E-state index in [2.05, 4.69) is 41.8 Å². The van der Waals surface area contributed by atoms with Gasteiger partial charge < -0.3 is 14.2 Å². The molecule has 1 aliphatic carbocycles. The fourth-order valence-electron chi connectivity index (χ4n) is 5.11. The molecule has 7 heteroatoms. The van der Waals surface area contributed by atoms with E-state index in [-0.39, 0.29) is 37.0 Å². The Bertz CT molecular complexity index is 1480. The van der Waals surface area contributed by atoms with Crippen LogP contribution in [0.2, 0.25) is 5.02 Å². The summed E-state index contributed by atoms with van der Waals surface area (Å²) in [6.07, 6.45) is 3.81. The first-order valence-electron chi connectivity index (χ1n) is 12.8. The molecule has 2 aliphatic rings. The molecule has 1 unspecified atom stereocenters. The van der Waals surface area contributed by atoms with E-state index in [1.165, 1.54) is 0 Å². The Balaban J connectivity index is 1.30. The summed E-state index contributed by atoms with van der Waals surface area (Å²) in [6, 6.07) is 26.9. The predicted octanol–water partition coefficient (Wildman–Crippen LogP) is 5.95. The highest BCUT2D eigenvalue weighted by molar-refractivity contribution is 6.30. The van der Waals surface area contributed by atoms with Gasteiger partial charge >= 0.3 is 0 Å². The van der Waals surface area contributed by atoms with Crippen molar-refractivity contribution in [1.29, 1.82) is 0 Å². The smallest absolute Gasteiger partial charge is 0.261 e. The lowest BCUT2D eigenvalue weighted by molar-refractivity contribution is -0.137. The maximum atomic E-state index is 14.2. The van der Waals surface area contributed by atoms with Crippen LogP contribution in [0.1, 0.15) is 35.7 Å². The van der Waals surface area contributed by atoms with E-state index < -0.39 is 0 Å². The lowest BCUT2D eigenvalue weighted by Gasteiger charge is -2.39. The van der Waals surface area contributed by atoms with Crippen molar-refractivity contribution in [2.75, 3.05) is 18.1 Å². The number of nitrogens with zero attached hydrogens (tertiary/aromatic N) is 3. The second kappa shape index (κ2) is 10.0. The van der Waals surface area contributed by atoms with Gasteiger partial charge in [0.25, 0.3) is 5.91 Å². The fraction of sp³-hybridized carbons (Fsp3) is 0.226. The Hall–Kier alpha value is -4.03. The van der Waals surface area contributed by atoms with Crippen LogP contribution >= 0.6 is 11.6 Å². The van der Waals surface area contributed by atoms with E-state index in [0.717, 1.165) is 41.0 Å². The molecule has 0 N–H and O–H groups in total. The number of halogens is 1. The Kier molecular flexibility index (Phi) is 6.42.